The molecular formula is C14H19BrN2O. The lowest BCUT2D eigenvalue weighted by atomic mass is 10.1. The maximum absolute atomic E-state index is 12.0. The van der Waals surface area contributed by atoms with Crippen LogP contribution < -0.4 is 10.6 Å². The predicted octanol–water partition coefficient (Wildman–Crippen LogP) is 2.63. The third-order valence-electron chi connectivity index (χ3n) is 3.38. The van der Waals surface area contributed by atoms with Crippen molar-refractivity contribution in [2.75, 3.05) is 13.1 Å². The molecule has 0 aromatic heterocycles. The van der Waals surface area contributed by atoms with Gasteiger partial charge in [-0.15, -0.1) is 0 Å². The molecule has 1 aromatic rings. The van der Waals surface area contributed by atoms with Crippen LogP contribution in [0.4, 0.5) is 0 Å². The molecule has 1 fully saturated rings. The monoisotopic (exact) mass is 310 g/mol. The minimum atomic E-state index is 0.0202. The van der Waals surface area contributed by atoms with Gasteiger partial charge in [0.25, 0.3) is 5.91 Å². The molecule has 2 rings (SSSR count). The average molecular weight is 311 g/mol. The molecule has 0 bridgehead atoms. The Morgan fingerprint density at radius 1 is 1.56 bits per heavy atom. The summed E-state index contributed by atoms with van der Waals surface area (Å²) in [4.78, 5) is 12.0. The number of nitrogens with one attached hydrogen (secondary N) is 2. The van der Waals surface area contributed by atoms with Gasteiger partial charge < -0.3 is 10.6 Å². The molecule has 1 unspecified atom stereocenters. The lowest BCUT2D eigenvalue weighted by Crippen LogP contribution is -2.30. The SMILES string of the molecule is Cc1ccc(Br)cc1C(=O)NCCC1CCCN1. The Bertz CT molecular complexity index is 428. The van der Waals surface area contributed by atoms with E-state index in [9.17, 15) is 4.79 Å². The first-order valence-corrected chi connectivity index (χ1v) is 7.24. The van der Waals surface area contributed by atoms with Gasteiger partial charge in [-0.3, -0.25) is 4.79 Å². The Balaban J connectivity index is 1.85. The van der Waals surface area contributed by atoms with Gasteiger partial charge in [-0.2, -0.15) is 0 Å². The predicted molar refractivity (Wildman–Crippen MR) is 76.9 cm³/mol. The smallest absolute Gasteiger partial charge is 0.251 e. The van der Waals surface area contributed by atoms with Crippen molar-refractivity contribution in [1.29, 1.82) is 0 Å². The summed E-state index contributed by atoms with van der Waals surface area (Å²) in [6.45, 7) is 3.81. The second-order valence-corrected chi connectivity index (χ2v) is 5.71. The number of rotatable bonds is 4. The highest BCUT2D eigenvalue weighted by molar-refractivity contribution is 9.10. The van der Waals surface area contributed by atoms with Crippen LogP contribution in [-0.4, -0.2) is 25.0 Å². The number of carbonyl (C=O) groups is 1. The highest BCUT2D eigenvalue weighted by Gasteiger charge is 2.14. The van der Waals surface area contributed by atoms with Crippen molar-refractivity contribution in [2.24, 2.45) is 0 Å². The van der Waals surface area contributed by atoms with Crippen LogP contribution in [0.15, 0.2) is 22.7 Å². The quantitative estimate of drug-likeness (QED) is 0.897. The van der Waals surface area contributed by atoms with Crippen LogP contribution in [-0.2, 0) is 0 Å². The summed E-state index contributed by atoms with van der Waals surface area (Å²) < 4.78 is 0.940. The molecule has 1 atom stereocenters. The number of hydrogen-bond acceptors (Lipinski definition) is 2. The van der Waals surface area contributed by atoms with Crippen LogP contribution in [0, 0.1) is 6.92 Å². The van der Waals surface area contributed by atoms with E-state index in [4.69, 9.17) is 0 Å². The first-order valence-electron chi connectivity index (χ1n) is 6.44. The van der Waals surface area contributed by atoms with Gasteiger partial charge in [0.15, 0.2) is 0 Å². The molecule has 1 aliphatic heterocycles. The van der Waals surface area contributed by atoms with Gasteiger partial charge in [0.2, 0.25) is 0 Å². The van der Waals surface area contributed by atoms with Crippen LogP contribution in [0.2, 0.25) is 0 Å². The third kappa shape index (κ3) is 3.56. The fourth-order valence-corrected chi connectivity index (χ4v) is 2.66. The number of aryl methyl sites for hydroxylation is 1. The molecule has 0 aliphatic carbocycles. The second kappa shape index (κ2) is 6.34. The number of benzene rings is 1. The number of halogens is 1. The first kappa shape index (κ1) is 13.6. The molecule has 98 valence electrons. The number of amides is 1. The van der Waals surface area contributed by atoms with E-state index in [-0.39, 0.29) is 5.91 Å². The van der Waals surface area contributed by atoms with Gasteiger partial charge in [-0.25, -0.2) is 0 Å². The molecular weight excluding hydrogens is 292 g/mol. The molecule has 2 N–H and O–H groups in total. The van der Waals surface area contributed by atoms with Gasteiger partial charge in [-0.05, 0) is 50.4 Å². The van der Waals surface area contributed by atoms with Crippen LogP contribution >= 0.6 is 15.9 Å². The Labute approximate surface area is 116 Å². The van der Waals surface area contributed by atoms with E-state index in [1.165, 1.54) is 12.8 Å². The van der Waals surface area contributed by atoms with Gasteiger partial charge >= 0.3 is 0 Å². The summed E-state index contributed by atoms with van der Waals surface area (Å²) in [5.74, 6) is 0.0202. The maximum Gasteiger partial charge on any atom is 0.251 e. The molecule has 1 amide bonds. The van der Waals surface area contributed by atoms with Gasteiger partial charge in [0, 0.05) is 22.6 Å². The Morgan fingerprint density at radius 3 is 3.11 bits per heavy atom. The van der Waals surface area contributed by atoms with Crippen molar-refractivity contribution in [3.05, 3.63) is 33.8 Å². The molecule has 4 heteroatoms. The second-order valence-electron chi connectivity index (χ2n) is 4.80. The minimum absolute atomic E-state index is 0.0202. The zero-order valence-corrected chi connectivity index (χ0v) is 12.2. The van der Waals surface area contributed by atoms with E-state index in [0.29, 0.717) is 6.04 Å². The largest absolute Gasteiger partial charge is 0.352 e. The van der Waals surface area contributed by atoms with Crippen molar-refractivity contribution in [3.63, 3.8) is 0 Å². The molecule has 0 radical (unpaired) electrons. The van der Waals surface area contributed by atoms with Crippen molar-refractivity contribution >= 4 is 21.8 Å². The third-order valence-corrected chi connectivity index (χ3v) is 3.88. The summed E-state index contributed by atoms with van der Waals surface area (Å²) in [5, 5.41) is 6.43. The molecule has 3 nitrogen and oxygen atoms in total. The fourth-order valence-electron chi connectivity index (χ4n) is 2.30. The molecule has 1 heterocycles. The summed E-state index contributed by atoms with van der Waals surface area (Å²) in [6, 6.07) is 6.36. The molecule has 18 heavy (non-hydrogen) atoms. The minimum Gasteiger partial charge on any atom is -0.352 e. The Hall–Kier alpha value is -0.870. The van der Waals surface area contributed by atoms with E-state index >= 15 is 0 Å². The van der Waals surface area contributed by atoms with Crippen molar-refractivity contribution in [1.82, 2.24) is 10.6 Å². The highest BCUT2D eigenvalue weighted by atomic mass is 79.9. The van der Waals surface area contributed by atoms with Crippen molar-refractivity contribution in [2.45, 2.75) is 32.2 Å². The van der Waals surface area contributed by atoms with E-state index in [1.54, 1.807) is 0 Å². The fraction of sp³-hybridized carbons (Fsp3) is 0.500. The maximum atomic E-state index is 12.0. The van der Waals surface area contributed by atoms with E-state index in [0.717, 1.165) is 35.1 Å². The summed E-state index contributed by atoms with van der Waals surface area (Å²) in [6.07, 6.45) is 3.49. The van der Waals surface area contributed by atoms with Crippen LogP contribution in [0.3, 0.4) is 0 Å². The summed E-state index contributed by atoms with van der Waals surface area (Å²) in [7, 11) is 0. The zero-order chi connectivity index (χ0) is 13.0. The average Bonchev–Trinajstić information content (AvgIpc) is 2.85. The molecule has 0 saturated carbocycles. The van der Waals surface area contributed by atoms with E-state index in [1.807, 2.05) is 25.1 Å². The van der Waals surface area contributed by atoms with Gasteiger partial charge in [-0.1, -0.05) is 22.0 Å². The molecule has 1 aromatic carbocycles. The summed E-state index contributed by atoms with van der Waals surface area (Å²) in [5.41, 5.74) is 1.76. The zero-order valence-electron chi connectivity index (χ0n) is 10.6. The Morgan fingerprint density at radius 2 is 2.39 bits per heavy atom. The standard InChI is InChI=1S/C14H19BrN2O/c1-10-4-5-11(15)9-13(10)14(18)17-8-6-12-3-2-7-16-12/h4-5,9,12,16H,2-3,6-8H2,1H3,(H,17,18). The molecule has 0 spiro atoms. The van der Waals surface area contributed by atoms with Crippen molar-refractivity contribution in [3.8, 4) is 0 Å². The summed E-state index contributed by atoms with van der Waals surface area (Å²) >= 11 is 3.40. The number of hydrogen-bond donors (Lipinski definition) is 2. The van der Waals surface area contributed by atoms with Crippen LogP contribution in [0.25, 0.3) is 0 Å². The van der Waals surface area contributed by atoms with Gasteiger partial charge in [0.1, 0.15) is 0 Å². The normalized spacial score (nSPS) is 18.9. The topological polar surface area (TPSA) is 41.1 Å². The number of carbonyl (C=O) groups excluding carboxylic acids is 1. The Kier molecular flexibility index (Phi) is 4.78. The van der Waals surface area contributed by atoms with Crippen LogP contribution in [0.1, 0.15) is 35.2 Å². The lowest BCUT2D eigenvalue weighted by molar-refractivity contribution is 0.0951. The van der Waals surface area contributed by atoms with Crippen LogP contribution in [0.5, 0.6) is 0 Å². The lowest BCUT2D eigenvalue weighted by Gasteiger charge is -2.12. The highest BCUT2D eigenvalue weighted by Crippen LogP contribution is 2.16. The van der Waals surface area contributed by atoms with Gasteiger partial charge in [0.05, 0.1) is 0 Å². The van der Waals surface area contributed by atoms with Crippen molar-refractivity contribution < 1.29 is 4.79 Å². The van der Waals surface area contributed by atoms with E-state index in [2.05, 4.69) is 26.6 Å². The first-order chi connectivity index (χ1) is 8.66. The van der Waals surface area contributed by atoms with E-state index < -0.39 is 0 Å². The molecule has 1 aliphatic rings. The molecule has 1 saturated heterocycles.